The molecule has 0 atom stereocenters. The first-order valence-electron chi connectivity index (χ1n) is 14.0. The van der Waals surface area contributed by atoms with Crippen molar-refractivity contribution in [1.82, 2.24) is 9.47 Å². The van der Waals surface area contributed by atoms with Gasteiger partial charge in [0.15, 0.2) is 0 Å². The number of aromatic nitrogens is 1. The summed E-state index contributed by atoms with van der Waals surface area (Å²) in [5.74, 6) is -3.70. The number of halogens is 1. The molecule has 1 aliphatic heterocycles. The molecule has 2 amide bonds. The first-order valence-corrected chi connectivity index (χ1v) is 14.0. The van der Waals surface area contributed by atoms with Crippen molar-refractivity contribution in [2.45, 2.75) is 38.6 Å². The smallest absolute Gasteiger partial charge is 0.341 e. The second kappa shape index (κ2) is 12.1. The van der Waals surface area contributed by atoms with Gasteiger partial charge in [-0.1, -0.05) is 0 Å². The Kier molecular flexibility index (Phi) is 8.33. The summed E-state index contributed by atoms with van der Waals surface area (Å²) in [4.78, 5) is 64.7. The number of rotatable bonds is 9. The minimum absolute atomic E-state index is 0.0188. The van der Waals surface area contributed by atoms with Gasteiger partial charge >= 0.3 is 11.9 Å². The number of aromatic hydroxyl groups is 1. The van der Waals surface area contributed by atoms with Gasteiger partial charge in [-0.3, -0.25) is 14.4 Å². The normalized spacial score (nSPS) is 14.9. The van der Waals surface area contributed by atoms with Gasteiger partial charge in [0, 0.05) is 68.4 Å². The van der Waals surface area contributed by atoms with E-state index in [1.807, 2.05) is 0 Å². The molecular weight excluding hydrogens is 563 g/mol. The van der Waals surface area contributed by atoms with E-state index in [0.717, 1.165) is 18.9 Å². The summed E-state index contributed by atoms with van der Waals surface area (Å²) in [6.07, 6.45) is 2.86. The van der Waals surface area contributed by atoms with Gasteiger partial charge in [-0.25, -0.2) is 14.0 Å². The van der Waals surface area contributed by atoms with Gasteiger partial charge in [0.1, 0.15) is 22.7 Å². The maximum Gasteiger partial charge on any atom is 0.341 e. The van der Waals surface area contributed by atoms with Gasteiger partial charge in [0.2, 0.25) is 17.2 Å². The number of ether oxygens (including phenoxy) is 1. The molecule has 1 aromatic heterocycles. The summed E-state index contributed by atoms with van der Waals surface area (Å²) in [5, 5.41) is 22.1. The average Bonchev–Trinajstić information content (AvgIpc) is 3.82. The highest BCUT2D eigenvalue weighted by Gasteiger charge is 2.29. The highest BCUT2D eigenvalue weighted by atomic mass is 19.1. The standard InChI is InChI=1S/C30H31FN4O8/c1-2-43-30(42)19-6-3-17(13-25(19)36)32-26(37)7-8-27(38)34-11-9-33(10-12-34)24-15-23-20(14-22(24)31)28(39)21(29(40)41)16-35(23)18-4-5-18/h3,6,13-16,18,36H,2,4-5,7-12H2,1H3,(H,32,37)(H,40,41). The quantitative estimate of drug-likeness (QED) is 0.317. The Labute approximate surface area is 245 Å². The Morgan fingerprint density at radius 2 is 1.74 bits per heavy atom. The number of phenols is 1. The summed E-state index contributed by atoms with van der Waals surface area (Å²) < 4.78 is 21.8. The van der Waals surface area contributed by atoms with Crippen molar-refractivity contribution in [2.75, 3.05) is 43.0 Å². The van der Waals surface area contributed by atoms with Crippen LogP contribution in [0.2, 0.25) is 0 Å². The molecule has 2 aromatic carbocycles. The largest absolute Gasteiger partial charge is 0.507 e. The SMILES string of the molecule is CCOC(=O)c1ccc(NC(=O)CCC(=O)N2CCN(c3cc4c(cc3F)c(=O)c(C(=O)O)cn4C3CC3)CC2)cc1O. The number of benzene rings is 2. The topological polar surface area (TPSA) is 158 Å². The van der Waals surface area contributed by atoms with Crippen molar-refractivity contribution in [3.63, 3.8) is 0 Å². The van der Waals surface area contributed by atoms with Crippen LogP contribution < -0.4 is 15.6 Å². The lowest BCUT2D eigenvalue weighted by molar-refractivity contribution is -0.133. The number of amides is 2. The minimum Gasteiger partial charge on any atom is -0.507 e. The number of carboxylic acids is 1. The monoisotopic (exact) mass is 594 g/mol. The van der Waals surface area contributed by atoms with Gasteiger partial charge in [-0.05, 0) is 44.0 Å². The molecule has 226 valence electrons. The van der Waals surface area contributed by atoms with E-state index in [9.17, 15) is 34.2 Å². The van der Waals surface area contributed by atoms with Crippen LogP contribution >= 0.6 is 0 Å². The molecule has 3 N–H and O–H groups in total. The third-order valence-corrected chi connectivity index (χ3v) is 7.59. The zero-order valence-corrected chi connectivity index (χ0v) is 23.5. The second-order valence-electron chi connectivity index (χ2n) is 10.5. The highest BCUT2D eigenvalue weighted by molar-refractivity contribution is 5.96. The van der Waals surface area contributed by atoms with Crippen LogP contribution in [0.3, 0.4) is 0 Å². The zero-order chi connectivity index (χ0) is 30.8. The number of fused-ring (bicyclic) bond motifs is 1. The number of hydrogen-bond acceptors (Lipinski definition) is 8. The summed E-state index contributed by atoms with van der Waals surface area (Å²) in [5.41, 5.74) is -0.134. The summed E-state index contributed by atoms with van der Waals surface area (Å²) >= 11 is 0. The van der Waals surface area contributed by atoms with Crippen molar-refractivity contribution in [1.29, 1.82) is 0 Å². The van der Waals surface area contributed by atoms with Crippen molar-refractivity contribution in [2.24, 2.45) is 0 Å². The molecule has 2 heterocycles. The molecule has 1 aliphatic carbocycles. The van der Waals surface area contributed by atoms with Crippen molar-refractivity contribution < 1.29 is 38.5 Å². The van der Waals surface area contributed by atoms with E-state index >= 15 is 4.39 Å². The molecule has 13 heteroatoms. The molecular formula is C30H31FN4O8. The fraction of sp³-hybridized carbons (Fsp3) is 0.367. The van der Waals surface area contributed by atoms with Crippen LogP contribution in [0.5, 0.6) is 5.75 Å². The third-order valence-electron chi connectivity index (χ3n) is 7.59. The molecule has 0 radical (unpaired) electrons. The highest BCUT2D eigenvalue weighted by Crippen LogP contribution is 2.38. The fourth-order valence-electron chi connectivity index (χ4n) is 5.20. The first kappa shape index (κ1) is 29.5. The fourth-order valence-corrected chi connectivity index (χ4v) is 5.20. The average molecular weight is 595 g/mol. The van der Waals surface area contributed by atoms with Crippen LogP contribution in [0.25, 0.3) is 10.9 Å². The molecule has 43 heavy (non-hydrogen) atoms. The van der Waals surface area contributed by atoms with Gasteiger partial charge in [0.25, 0.3) is 0 Å². The number of piperazine rings is 1. The third kappa shape index (κ3) is 6.30. The van der Waals surface area contributed by atoms with Crippen LogP contribution in [0, 0.1) is 5.82 Å². The minimum atomic E-state index is -1.35. The molecule has 5 rings (SSSR count). The van der Waals surface area contributed by atoms with Crippen LogP contribution in [-0.4, -0.2) is 76.2 Å². The molecule has 1 saturated carbocycles. The molecule has 0 bridgehead atoms. The molecule has 0 spiro atoms. The van der Waals surface area contributed by atoms with E-state index in [0.29, 0.717) is 31.7 Å². The molecule has 2 fully saturated rings. The number of phenolic OH excluding ortho intramolecular Hbond substituents is 1. The van der Waals surface area contributed by atoms with E-state index in [-0.39, 0.29) is 59.5 Å². The number of aromatic carboxylic acids is 1. The van der Waals surface area contributed by atoms with Gasteiger partial charge in [-0.15, -0.1) is 0 Å². The number of nitrogens with one attached hydrogen (secondary N) is 1. The molecule has 2 aliphatic rings. The molecule has 0 unspecified atom stereocenters. The van der Waals surface area contributed by atoms with Gasteiger partial charge < -0.3 is 34.6 Å². The Morgan fingerprint density at radius 3 is 2.37 bits per heavy atom. The first-order chi connectivity index (χ1) is 20.6. The summed E-state index contributed by atoms with van der Waals surface area (Å²) in [7, 11) is 0. The maximum absolute atomic E-state index is 15.2. The van der Waals surface area contributed by atoms with E-state index in [4.69, 9.17) is 4.74 Å². The summed E-state index contributed by atoms with van der Waals surface area (Å²) in [6.45, 7) is 3.05. The number of pyridine rings is 1. The van der Waals surface area contributed by atoms with Crippen molar-refractivity contribution >= 4 is 46.0 Å². The van der Waals surface area contributed by atoms with Gasteiger partial charge in [-0.2, -0.15) is 0 Å². The summed E-state index contributed by atoms with van der Waals surface area (Å²) in [6, 6.07) is 6.75. The van der Waals surface area contributed by atoms with Crippen molar-refractivity contribution in [3.8, 4) is 5.75 Å². The van der Waals surface area contributed by atoms with Crippen LogP contribution in [-0.2, 0) is 14.3 Å². The van der Waals surface area contributed by atoms with E-state index in [2.05, 4.69) is 5.32 Å². The Hall–Kier alpha value is -4.94. The van der Waals surface area contributed by atoms with Crippen LogP contribution in [0.1, 0.15) is 59.4 Å². The van der Waals surface area contributed by atoms with Crippen molar-refractivity contribution in [3.05, 3.63) is 63.7 Å². The Balaban J connectivity index is 1.18. The lowest BCUT2D eigenvalue weighted by atomic mass is 10.1. The second-order valence-corrected chi connectivity index (χ2v) is 10.5. The number of anilines is 2. The van der Waals surface area contributed by atoms with E-state index < -0.39 is 34.7 Å². The Morgan fingerprint density at radius 1 is 1.02 bits per heavy atom. The number of nitrogens with zero attached hydrogens (tertiary/aromatic N) is 3. The van der Waals surface area contributed by atoms with Gasteiger partial charge in [0.05, 0.1) is 17.8 Å². The van der Waals surface area contributed by atoms with E-state index in [1.165, 1.54) is 24.4 Å². The number of hydrogen-bond donors (Lipinski definition) is 3. The molecule has 3 aromatic rings. The molecule has 12 nitrogen and oxygen atoms in total. The number of carbonyl (C=O) groups excluding carboxylic acids is 3. The number of carbonyl (C=O) groups is 4. The lowest BCUT2D eigenvalue weighted by Crippen LogP contribution is -2.49. The zero-order valence-electron chi connectivity index (χ0n) is 23.5. The molecule has 1 saturated heterocycles. The predicted octanol–water partition coefficient (Wildman–Crippen LogP) is 3.12. The maximum atomic E-state index is 15.2. The van der Waals surface area contributed by atoms with E-state index in [1.54, 1.807) is 27.4 Å². The van der Waals surface area contributed by atoms with Crippen LogP contribution in [0.4, 0.5) is 15.8 Å². The van der Waals surface area contributed by atoms with Crippen LogP contribution in [0.15, 0.2) is 41.3 Å². The predicted molar refractivity (Wildman–Crippen MR) is 154 cm³/mol. The Bertz CT molecular complexity index is 1670. The number of esters is 1. The lowest BCUT2D eigenvalue weighted by Gasteiger charge is -2.36. The number of carboxylic acid groups (broad SMARTS) is 1.